The van der Waals surface area contributed by atoms with Gasteiger partial charge in [-0.1, -0.05) is 30.4 Å². The van der Waals surface area contributed by atoms with Crippen molar-refractivity contribution in [3.63, 3.8) is 0 Å². The minimum absolute atomic E-state index is 0.135. The molecule has 0 aliphatic heterocycles. The van der Waals surface area contributed by atoms with Crippen molar-refractivity contribution in [3.05, 3.63) is 58.7 Å². The van der Waals surface area contributed by atoms with Gasteiger partial charge in [0.25, 0.3) is 0 Å². The number of alkyl halides is 3. The predicted octanol–water partition coefficient (Wildman–Crippen LogP) is 4.60. The molecule has 2 rings (SSSR count). The van der Waals surface area contributed by atoms with Gasteiger partial charge in [-0.3, -0.25) is 0 Å². The minimum Gasteiger partial charge on any atom is -0.303 e. The molecule has 0 saturated heterocycles. The Morgan fingerprint density at radius 2 is 1.95 bits per heavy atom. The number of allylic oxidation sites excluding steroid dienone is 10. The lowest BCUT2D eigenvalue weighted by Gasteiger charge is -2.15. The molecule has 0 spiro atoms. The van der Waals surface area contributed by atoms with E-state index >= 15 is 0 Å². The first-order valence-electron chi connectivity index (χ1n) is 6.51. The number of hydrogen-bond donors (Lipinski definition) is 0. The predicted molar refractivity (Wildman–Crippen MR) is 72.1 cm³/mol. The van der Waals surface area contributed by atoms with Gasteiger partial charge in [-0.15, -0.1) is 0 Å². The third kappa shape index (κ3) is 3.38. The van der Waals surface area contributed by atoms with Crippen molar-refractivity contribution in [2.75, 3.05) is 0 Å². The highest BCUT2D eigenvalue weighted by Crippen LogP contribution is 2.35. The Morgan fingerprint density at radius 3 is 2.55 bits per heavy atom. The molecule has 0 aromatic heterocycles. The quantitative estimate of drug-likeness (QED) is 0.691. The Balaban J connectivity index is 2.44. The smallest absolute Gasteiger partial charge is 0.303 e. The lowest BCUT2D eigenvalue weighted by molar-refractivity contribution is -0.107. The van der Waals surface area contributed by atoms with Gasteiger partial charge in [0.1, 0.15) is 6.29 Å². The van der Waals surface area contributed by atoms with E-state index in [1.807, 2.05) is 18.2 Å². The van der Waals surface area contributed by atoms with Crippen molar-refractivity contribution in [2.24, 2.45) is 0 Å². The number of halogens is 3. The lowest BCUT2D eigenvalue weighted by Crippen LogP contribution is -2.10. The average molecular weight is 280 g/mol. The molecular weight excluding hydrogens is 265 g/mol. The van der Waals surface area contributed by atoms with Crippen molar-refractivity contribution in [1.29, 1.82) is 0 Å². The summed E-state index contributed by atoms with van der Waals surface area (Å²) >= 11 is 0. The highest BCUT2D eigenvalue weighted by atomic mass is 19.4. The van der Waals surface area contributed by atoms with E-state index in [1.165, 1.54) is 0 Å². The van der Waals surface area contributed by atoms with E-state index in [0.717, 1.165) is 36.9 Å². The van der Waals surface area contributed by atoms with Crippen LogP contribution >= 0.6 is 0 Å². The van der Waals surface area contributed by atoms with E-state index in [0.29, 0.717) is 11.1 Å². The fourth-order valence-corrected chi connectivity index (χ4v) is 2.31. The number of aldehydes is 1. The Bertz CT molecular complexity index is 543. The van der Waals surface area contributed by atoms with E-state index in [4.69, 9.17) is 0 Å². The molecule has 0 aromatic carbocycles. The zero-order chi connectivity index (χ0) is 14.6. The standard InChI is InChI=1S/C16H15F3O/c17-16(18,19)14-8-4-7-13(9-10-20)15(11-14)12-5-2-1-3-6-12/h2,5-8,10-11H,1,3-4,9H2. The molecule has 0 fully saturated rings. The Kier molecular flexibility index (Phi) is 4.42. The van der Waals surface area contributed by atoms with Crippen molar-refractivity contribution >= 4 is 6.29 Å². The highest BCUT2D eigenvalue weighted by molar-refractivity contribution is 5.64. The fourth-order valence-electron chi connectivity index (χ4n) is 2.31. The second-order valence-corrected chi connectivity index (χ2v) is 4.69. The summed E-state index contributed by atoms with van der Waals surface area (Å²) in [5.41, 5.74) is 1.29. The lowest BCUT2D eigenvalue weighted by atomic mass is 9.91. The molecule has 0 amide bonds. The summed E-state index contributed by atoms with van der Waals surface area (Å²) in [5, 5.41) is 0. The van der Waals surface area contributed by atoms with Gasteiger partial charge >= 0.3 is 6.18 Å². The molecule has 106 valence electrons. The fraction of sp³-hybridized carbons (Fsp3) is 0.312. The minimum atomic E-state index is -4.37. The van der Waals surface area contributed by atoms with Crippen LogP contribution in [0.2, 0.25) is 0 Å². The summed E-state index contributed by atoms with van der Waals surface area (Å²) < 4.78 is 38.8. The van der Waals surface area contributed by atoms with Gasteiger partial charge < -0.3 is 4.79 Å². The van der Waals surface area contributed by atoms with Crippen LogP contribution in [0.15, 0.2) is 58.7 Å². The molecule has 0 unspecified atom stereocenters. The molecule has 20 heavy (non-hydrogen) atoms. The normalized spacial score (nSPS) is 19.6. The largest absolute Gasteiger partial charge is 0.416 e. The Morgan fingerprint density at radius 1 is 1.15 bits per heavy atom. The summed E-state index contributed by atoms with van der Waals surface area (Å²) in [4.78, 5) is 10.7. The molecule has 0 radical (unpaired) electrons. The third-order valence-corrected chi connectivity index (χ3v) is 3.28. The maximum Gasteiger partial charge on any atom is 0.416 e. The zero-order valence-corrected chi connectivity index (χ0v) is 10.9. The van der Waals surface area contributed by atoms with Gasteiger partial charge in [0.05, 0.1) is 5.57 Å². The summed E-state index contributed by atoms with van der Waals surface area (Å²) in [5.74, 6) is 0. The summed E-state index contributed by atoms with van der Waals surface area (Å²) in [6.45, 7) is 0. The monoisotopic (exact) mass is 280 g/mol. The highest BCUT2D eigenvalue weighted by Gasteiger charge is 2.33. The van der Waals surface area contributed by atoms with Gasteiger partial charge in [0.2, 0.25) is 0 Å². The maximum absolute atomic E-state index is 12.9. The number of rotatable bonds is 3. The van der Waals surface area contributed by atoms with Crippen LogP contribution in [0.25, 0.3) is 0 Å². The van der Waals surface area contributed by atoms with Gasteiger partial charge in [0.15, 0.2) is 0 Å². The van der Waals surface area contributed by atoms with Crippen molar-refractivity contribution < 1.29 is 18.0 Å². The molecule has 0 atom stereocenters. The van der Waals surface area contributed by atoms with Crippen LogP contribution in [0.5, 0.6) is 0 Å². The number of hydrogen-bond acceptors (Lipinski definition) is 1. The van der Waals surface area contributed by atoms with Crippen molar-refractivity contribution in [2.45, 2.75) is 31.9 Å². The first-order valence-corrected chi connectivity index (χ1v) is 6.51. The van der Waals surface area contributed by atoms with Crippen LogP contribution in [0.4, 0.5) is 13.2 Å². The molecule has 4 heteroatoms. The van der Waals surface area contributed by atoms with Crippen LogP contribution in [-0.2, 0) is 4.79 Å². The van der Waals surface area contributed by atoms with Crippen LogP contribution < -0.4 is 0 Å². The number of carbonyl (C=O) groups is 1. The molecule has 0 heterocycles. The van der Waals surface area contributed by atoms with E-state index in [1.54, 1.807) is 6.08 Å². The van der Waals surface area contributed by atoms with Crippen LogP contribution in [-0.4, -0.2) is 12.5 Å². The molecule has 0 N–H and O–H groups in total. The first kappa shape index (κ1) is 14.6. The Labute approximate surface area is 115 Å². The second kappa shape index (κ2) is 6.07. The summed E-state index contributed by atoms with van der Waals surface area (Å²) in [6, 6.07) is 0. The number of carbonyl (C=O) groups excluding carboxylic acids is 1. The molecule has 2 aliphatic carbocycles. The van der Waals surface area contributed by atoms with Crippen LogP contribution in [0.1, 0.15) is 25.7 Å². The molecule has 2 aliphatic rings. The molecule has 0 saturated carbocycles. The summed E-state index contributed by atoms with van der Waals surface area (Å²) in [7, 11) is 0. The van der Waals surface area contributed by atoms with Gasteiger partial charge in [0, 0.05) is 6.42 Å². The SMILES string of the molecule is O=CCC1=CCC=C(C(F)(F)F)C=C1C1=CCCC=C1. The summed E-state index contributed by atoms with van der Waals surface area (Å²) in [6.07, 6.45) is 8.09. The van der Waals surface area contributed by atoms with Crippen LogP contribution in [0.3, 0.4) is 0 Å². The second-order valence-electron chi connectivity index (χ2n) is 4.69. The van der Waals surface area contributed by atoms with Gasteiger partial charge in [-0.05, 0) is 42.1 Å². The van der Waals surface area contributed by atoms with E-state index < -0.39 is 11.7 Å². The van der Waals surface area contributed by atoms with Gasteiger partial charge in [-0.2, -0.15) is 13.2 Å². The van der Waals surface area contributed by atoms with E-state index in [-0.39, 0.29) is 12.8 Å². The maximum atomic E-state index is 12.9. The van der Waals surface area contributed by atoms with Crippen molar-refractivity contribution in [1.82, 2.24) is 0 Å². The zero-order valence-electron chi connectivity index (χ0n) is 10.9. The third-order valence-electron chi connectivity index (χ3n) is 3.28. The molecule has 0 bridgehead atoms. The molecule has 0 aromatic rings. The average Bonchev–Trinajstić information content (AvgIpc) is 2.62. The van der Waals surface area contributed by atoms with E-state index in [9.17, 15) is 18.0 Å². The molecular formula is C16H15F3O. The van der Waals surface area contributed by atoms with Gasteiger partial charge in [-0.25, -0.2) is 0 Å². The van der Waals surface area contributed by atoms with E-state index in [2.05, 4.69) is 0 Å². The molecule has 1 nitrogen and oxygen atoms in total. The first-order chi connectivity index (χ1) is 9.52. The Hall–Kier alpha value is -1.84. The van der Waals surface area contributed by atoms with Crippen LogP contribution in [0, 0.1) is 0 Å². The topological polar surface area (TPSA) is 17.1 Å². The van der Waals surface area contributed by atoms with Crippen molar-refractivity contribution in [3.8, 4) is 0 Å².